The van der Waals surface area contributed by atoms with Crippen molar-refractivity contribution in [3.8, 4) is 0 Å². The molecule has 7 heteroatoms. The molecule has 112 valence electrons. The van der Waals surface area contributed by atoms with Crippen molar-refractivity contribution >= 4 is 39.0 Å². The lowest BCUT2D eigenvalue weighted by Gasteiger charge is -2.07. The number of sulfone groups is 1. The zero-order chi connectivity index (χ0) is 15.5. The Labute approximate surface area is 133 Å². The molecule has 0 aliphatic carbocycles. The highest BCUT2D eigenvalue weighted by Gasteiger charge is 2.08. The number of hydrogen-bond donors (Lipinski definition) is 1. The molecule has 0 spiro atoms. The lowest BCUT2D eigenvalue weighted by molar-refractivity contribution is 0.602. The first kappa shape index (κ1) is 16.1. The van der Waals surface area contributed by atoms with Crippen LogP contribution in [0.1, 0.15) is 5.69 Å². The fourth-order valence-corrected chi connectivity index (χ4v) is 3.39. The van der Waals surface area contributed by atoms with E-state index in [-0.39, 0.29) is 0 Å². The molecule has 1 aromatic heterocycles. The molecule has 0 atom stereocenters. The van der Waals surface area contributed by atoms with Gasteiger partial charge in [-0.2, -0.15) is 0 Å². The monoisotopic (exact) mass is 342 g/mol. The Balaban J connectivity index is 2.10. The number of nitrogens with one attached hydrogen (secondary N) is 1. The molecule has 1 aromatic carbocycles. The van der Waals surface area contributed by atoms with Crippen molar-refractivity contribution in [1.29, 1.82) is 0 Å². The second-order valence-electron chi connectivity index (χ2n) is 4.41. The van der Waals surface area contributed by atoms with Crippen LogP contribution in [0.5, 0.6) is 0 Å². The van der Waals surface area contributed by atoms with Gasteiger partial charge in [-0.15, -0.1) is 11.8 Å². The van der Waals surface area contributed by atoms with Gasteiger partial charge in [-0.05, 0) is 36.4 Å². The van der Waals surface area contributed by atoms with Crippen molar-refractivity contribution in [2.45, 2.75) is 15.5 Å². The second-order valence-corrected chi connectivity index (χ2v) is 7.88. The zero-order valence-electron chi connectivity index (χ0n) is 11.6. The molecule has 0 amide bonds. The Bertz CT molecular complexity index is 731. The third kappa shape index (κ3) is 4.36. The van der Waals surface area contributed by atoms with Gasteiger partial charge < -0.3 is 5.32 Å². The van der Waals surface area contributed by atoms with Gasteiger partial charge in [0.05, 0.1) is 15.6 Å². The number of hydrogen-bond acceptors (Lipinski definition) is 5. The molecule has 21 heavy (non-hydrogen) atoms. The smallest absolute Gasteiger partial charge is 0.175 e. The minimum absolute atomic E-state index is 0.320. The summed E-state index contributed by atoms with van der Waals surface area (Å²) in [4.78, 5) is 5.69. The number of anilines is 1. The van der Waals surface area contributed by atoms with Crippen LogP contribution in [0.15, 0.2) is 46.2 Å². The summed E-state index contributed by atoms with van der Waals surface area (Å²) in [5.41, 5.74) is 0.792. The van der Waals surface area contributed by atoms with Gasteiger partial charge in [0.2, 0.25) is 0 Å². The normalized spacial score (nSPS) is 11.4. The van der Waals surface area contributed by atoms with Gasteiger partial charge >= 0.3 is 0 Å². The predicted octanol–water partition coefficient (Wildman–Crippen LogP) is 3.47. The molecule has 0 aliphatic heterocycles. The van der Waals surface area contributed by atoms with Crippen LogP contribution in [0.4, 0.5) is 5.82 Å². The van der Waals surface area contributed by atoms with Gasteiger partial charge in [0, 0.05) is 24.0 Å². The van der Waals surface area contributed by atoms with Crippen molar-refractivity contribution in [1.82, 2.24) is 4.98 Å². The highest BCUT2D eigenvalue weighted by Crippen LogP contribution is 2.27. The van der Waals surface area contributed by atoms with Gasteiger partial charge in [0.15, 0.2) is 9.84 Å². The van der Waals surface area contributed by atoms with Gasteiger partial charge in [-0.25, -0.2) is 13.4 Å². The molecular weight excluding hydrogens is 328 g/mol. The first-order valence-corrected chi connectivity index (χ1v) is 9.42. The molecule has 0 saturated heterocycles. The standard InChI is InChI=1S/C14H15ClN2O2S2/c1-16-14-8-7-12(15)13(17-14)9-20-10-3-5-11(6-4-10)21(2,18)19/h3-8H,9H2,1-2H3,(H,16,17). The van der Waals surface area contributed by atoms with E-state index in [0.29, 0.717) is 15.7 Å². The van der Waals surface area contributed by atoms with Crippen molar-refractivity contribution < 1.29 is 8.42 Å². The van der Waals surface area contributed by atoms with Crippen LogP contribution >= 0.6 is 23.4 Å². The van der Waals surface area contributed by atoms with E-state index in [0.717, 1.165) is 16.4 Å². The second kappa shape index (κ2) is 6.68. The van der Waals surface area contributed by atoms with E-state index in [1.54, 1.807) is 43.1 Å². The van der Waals surface area contributed by atoms with Crippen LogP contribution in [0, 0.1) is 0 Å². The molecule has 0 bridgehead atoms. The lowest BCUT2D eigenvalue weighted by atomic mass is 10.3. The number of benzene rings is 1. The molecule has 4 nitrogen and oxygen atoms in total. The van der Waals surface area contributed by atoms with E-state index in [1.807, 2.05) is 12.1 Å². The molecule has 1 heterocycles. The van der Waals surface area contributed by atoms with Crippen LogP contribution in [-0.4, -0.2) is 26.7 Å². The third-order valence-corrected chi connectivity index (χ3v) is 5.30. The number of rotatable bonds is 5. The fraction of sp³-hybridized carbons (Fsp3) is 0.214. The quantitative estimate of drug-likeness (QED) is 0.843. The predicted molar refractivity (Wildman–Crippen MR) is 87.9 cm³/mol. The van der Waals surface area contributed by atoms with E-state index >= 15 is 0 Å². The molecule has 0 radical (unpaired) electrons. The summed E-state index contributed by atoms with van der Waals surface area (Å²) in [5, 5.41) is 3.59. The molecule has 2 rings (SSSR count). The zero-order valence-corrected chi connectivity index (χ0v) is 14.0. The van der Waals surface area contributed by atoms with Gasteiger partial charge in [-0.3, -0.25) is 0 Å². The Kier molecular flexibility index (Phi) is 5.13. The van der Waals surface area contributed by atoms with Crippen LogP contribution in [0.25, 0.3) is 0 Å². The molecule has 2 aromatic rings. The highest BCUT2D eigenvalue weighted by atomic mass is 35.5. The van der Waals surface area contributed by atoms with E-state index in [9.17, 15) is 8.42 Å². The van der Waals surface area contributed by atoms with E-state index in [4.69, 9.17) is 11.6 Å². The lowest BCUT2D eigenvalue weighted by Crippen LogP contribution is -1.97. The molecule has 0 saturated carbocycles. The van der Waals surface area contributed by atoms with E-state index in [1.165, 1.54) is 6.26 Å². The Hall–Kier alpha value is -1.24. The highest BCUT2D eigenvalue weighted by molar-refractivity contribution is 7.98. The molecule has 0 aliphatic rings. The maximum absolute atomic E-state index is 11.4. The van der Waals surface area contributed by atoms with Crippen LogP contribution in [-0.2, 0) is 15.6 Å². The Morgan fingerprint density at radius 1 is 1.19 bits per heavy atom. The summed E-state index contributed by atoms with van der Waals surface area (Å²) in [6.45, 7) is 0. The van der Waals surface area contributed by atoms with E-state index < -0.39 is 9.84 Å². The summed E-state index contributed by atoms with van der Waals surface area (Å²) in [6, 6.07) is 10.4. The summed E-state index contributed by atoms with van der Waals surface area (Å²) in [7, 11) is -1.35. The summed E-state index contributed by atoms with van der Waals surface area (Å²) >= 11 is 7.68. The largest absolute Gasteiger partial charge is 0.373 e. The maximum Gasteiger partial charge on any atom is 0.175 e. The average molecular weight is 343 g/mol. The van der Waals surface area contributed by atoms with E-state index in [2.05, 4.69) is 10.3 Å². The first-order valence-electron chi connectivity index (χ1n) is 6.16. The summed E-state index contributed by atoms with van der Waals surface area (Å²) in [6.07, 6.45) is 1.20. The molecule has 0 unspecified atom stereocenters. The molecule has 1 N–H and O–H groups in total. The van der Waals surface area contributed by atoms with Crippen LogP contribution < -0.4 is 5.32 Å². The maximum atomic E-state index is 11.4. The molecule has 0 fully saturated rings. The van der Waals surface area contributed by atoms with Gasteiger partial charge in [0.25, 0.3) is 0 Å². The number of halogens is 1. The fourth-order valence-electron chi connectivity index (χ4n) is 1.66. The Morgan fingerprint density at radius 3 is 2.43 bits per heavy atom. The third-order valence-electron chi connectivity index (χ3n) is 2.80. The minimum Gasteiger partial charge on any atom is -0.373 e. The van der Waals surface area contributed by atoms with Crippen molar-refractivity contribution in [2.75, 3.05) is 18.6 Å². The molecular formula is C14H15ClN2O2S2. The average Bonchev–Trinajstić information content (AvgIpc) is 2.46. The number of thioether (sulfide) groups is 1. The minimum atomic E-state index is -3.15. The number of nitrogens with zero attached hydrogens (tertiary/aromatic N) is 1. The van der Waals surface area contributed by atoms with Crippen molar-refractivity contribution in [3.05, 3.63) is 47.1 Å². The van der Waals surface area contributed by atoms with Crippen LogP contribution in [0.3, 0.4) is 0 Å². The Morgan fingerprint density at radius 2 is 1.86 bits per heavy atom. The number of pyridine rings is 1. The topological polar surface area (TPSA) is 59.1 Å². The SMILES string of the molecule is CNc1ccc(Cl)c(CSc2ccc(S(C)(=O)=O)cc2)n1. The number of aromatic nitrogens is 1. The van der Waals surface area contributed by atoms with Crippen LogP contribution in [0.2, 0.25) is 5.02 Å². The van der Waals surface area contributed by atoms with Gasteiger partial charge in [-0.1, -0.05) is 11.6 Å². The first-order chi connectivity index (χ1) is 9.90. The summed E-state index contributed by atoms with van der Waals surface area (Å²) < 4.78 is 22.8. The van der Waals surface area contributed by atoms with Gasteiger partial charge in [0.1, 0.15) is 5.82 Å². The van der Waals surface area contributed by atoms with Crippen molar-refractivity contribution in [2.24, 2.45) is 0 Å². The summed E-state index contributed by atoms with van der Waals surface area (Å²) in [5.74, 6) is 1.38. The van der Waals surface area contributed by atoms with Crippen molar-refractivity contribution in [3.63, 3.8) is 0 Å².